The fraction of sp³-hybridized carbons (Fsp3) is 0.455. The van der Waals surface area contributed by atoms with Crippen molar-refractivity contribution in [2.75, 3.05) is 30.9 Å². The quantitative estimate of drug-likeness (QED) is 0.597. The molecule has 1 heterocycles. The normalized spacial score (nSPS) is 14.6. The topological polar surface area (TPSA) is 76.0 Å². The van der Waals surface area contributed by atoms with Crippen molar-refractivity contribution >= 4 is 21.5 Å². The molecule has 1 aliphatic heterocycles. The SMILES string of the molecule is CS(=O)(=O)OCCN1CCc2ccc(N=O)cc21. The highest BCUT2D eigenvalue weighted by molar-refractivity contribution is 7.85. The van der Waals surface area contributed by atoms with E-state index in [0.717, 1.165) is 30.5 Å². The molecular weight excluding hydrogens is 256 g/mol. The summed E-state index contributed by atoms with van der Waals surface area (Å²) in [7, 11) is -3.40. The van der Waals surface area contributed by atoms with Gasteiger partial charge in [0, 0.05) is 18.8 Å². The summed E-state index contributed by atoms with van der Waals surface area (Å²) >= 11 is 0. The molecule has 0 amide bonds. The number of hydrogen-bond donors (Lipinski definition) is 0. The third-order valence-corrected chi connectivity index (χ3v) is 3.42. The minimum absolute atomic E-state index is 0.108. The standard InChI is InChI=1S/C11H14N2O4S/c1-18(15,16)17-7-6-13-5-4-9-2-3-10(12-14)8-11(9)13/h2-3,8H,4-7H2,1H3. The summed E-state index contributed by atoms with van der Waals surface area (Å²) in [5.74, 6) is 0. The van der Waals surface area contributed by atoms with Crippen molar-refractivity contribution in [2.45, 2.75) is 6.42 Å². The van der Waals surface area contributed by atoms with E-state index in [2.05, 4.69) is 5.18 Å². The minimum atomic E-state index is -3.40. The molecule has 0 saturated heterocycles. The van der Waals surface area contributed by atoms with Crippen LogP contribution < -0.4 is 4.90 Å². The molecule has 1 aliphatic rings. The zero-order chi connectivity index (χ0) is 13.2. The molecule has 98 valence electrons. The van der Waals surface area contributed by atoms with Crippen molar-refractivity contribution in [1.82, 2.24) is 0 Å². The lowest BCUT2D eigenvalue weighted by molar-refractivity contribution is 0.328. The van der Waals surface area contributed by atoms with Gasteiger partial charge in [0.15, 0.2) is 0 Å². The second-order valence-corrected chi connectivity index (χ2v) is 5.81. The van der Waals surface area contributed by atoms with Gasteiger partial charge >= 0.3 is 0 Å². The van der Waals surface area contributed by atoms with Crippen molar-refractivity contribution in [3.8, 4) is 0 Å². The van der Waals surface area contributed by atoms with Crippen LogP contribution in [0, 0.1) is 4.91 Å². The summed E-state index contributed by atoms with van der Waals surface area (Å²) in [6, 6.07) is 5.28. The third kappa shape index (κ3) is 3.05. The maximum absolute atomic E-state index is 10.9. The predicted molar refractivity (Wildman–Crippen MR) is 68.6 cm³/mol. The maximum atomic E-state index is 10.9. The highest BCUT2D eigenvalue weighted by atomic mass is 32.2. The molecule has 1 aromatic carbocycles. The van der Waals surface area contributed by atoms with E-state index in [1.165, 1.54) is 0 Å². The molecular formula is C11H14N2O4S. The summed E-state index contributed by atoms with van der Waals surface area (Å²) in [6.45, 7) is 1.38. The van der Waals surface area contributed by atoms with Crippen LogP contribution in [0.4, 0.5) is 11.4 Å². The summed E-state index contributed by atoms with van der Waals surface area (Å²) < 4.78 is 26.4. The second-order valence-electron chi connectivity index (χ2n) is 4.17. The maximum Gasteiger partial charge on any atom is 0.264 e. The molecule has 0 unspecified atom stereocenters. The van der Waals surface area contributed by atoms with E-state index in [0.29, 0.717) is 12.2 Å². The molecule has 0 bridgehead atoms. The molecule has 0 atom stereocenters. The first-order valence-corrected chi connectivity index (χ1v) is 7.37. The average Bonchev–Trinajstić information content (AvgIpc) is 2.70. The Labute approximate surface area is 106 Å². The highest BCUT2D eigenvalue weighted by Gasteiger charge is 2.19. The molecule has 1 aromatic rings. The Morgan fingerprint density at radius 2 is 2.22 bits per heavy atom. The lowest BCUT2D eigenvalue weighted by Gasteiger charge is -2.18. The van der Waals surface area contributed by atoms with Crippen LogP contribution >= 0.6 is 0 Å². The molecule has 0 fully saturated rings. The minimum Gasteiger partial charge on any atom is -0.369 e. The van der Waals surface area contributed by atoms with Gasteiger partial charge in [-0.3, -0.25) is 4.18 Å². The Hall–Kier alpha value is -1.47. The monoisotopic (exact) mass is 270 g/mol. The van der Waals surface area contributed by atoms with Gasteiger partial charge in [0.1, 0.15) is 5.69 Å². The van der Waals surface area contributed by atoms with E-state index < -0.39 is 10.1 Å². The van der Waals surface area contributed by atoms with E-state index in [-0.39, 0.29) is 6.61 Å². The Morgan fingerprint density at radius 3 is 2.89 bits per heavy atom. The Bertz CT molecular complexity index is 556. The van der Waals surface area contributed by atoms with Crippen molar-refractivity contribution < 1.29 is 12.6 Å². The molecule has 0 N–H and O–H groups in total. The number of rotatable bonds is 5. The fourth-order valence-electron chi connectivity index (χ4n) is 2.02. The summed E-state index contributed by atoms with van der Waals surface area (Å²) in [5.41, 5.74) is 2.45. The number of nitroso groups, excluding NO2 is 1. The fourth-order valence-corrected chi connectivity index (χ4v) is 2.40. The van der Waals surface area contributed by atoms with Gasteiger partial charge in [0.05, 0.1) is 12.9 Å². The number of hydrogen-bond acceptors (Lipinski definition) is 6. The van der Waals surface area contributed by atoms with Gasteiger partial charge in [-0.05, 0) is 29.3 Å². The van der Waals surface area contributed by atoms with E-state index in [4.69, 9.17) is 4.18 Å². The zero-order valence-electron chi connectivity index (χ0n) is 10.00. The molecule has 0 aliphatic carbocycles. The van der Waals surface area contributed by atoms with E-state index in [1.54, 1.807) is 12.1 Å². The van der Waals surface area contributed by atoms with Crippen LogP contribution in [0.1, 0.15) is 5.56 Å². The summed E-state index contributed by atoms with van der Waals surface area (Å²) in [5, 5.41) is 2.90. The first kappa shape index (κ1) is 13.0. The average molecular weight is 270 g/mol. The molecule has 0 spiro atoms. The van der Waals surface area contributed by atoms with Crippen LogP contribution in [0.15, 0.2) is 23.4 Å². The third-order valence-electron chi connectivity index (χ3n) is 2.82. The van der Waals surface area contributed by atoms with E-state index >= 15 is 0 Å². The first-order chi connectivity index (χ1) is 8.49. The van der Waals surface area contributed by atoms with E-state index in [1.807, 2.05) is 11.0 Å². The molecule has 6 nitrogen and oxygen atoms in total. The first-order valence-electron chi connectivity index (χ1n) is 5.55. The molecule has 0 radical (unpaired) electrons. The van der Waals surface area contributed by atoms with Crippen molar-refractivity contribution in [2.24, 2.45) is 5.18 Å². The van der Waals surface area contributed by atoms with Gasteiger partial charge in [-0.15, -0.1) is 4.91 Å². The van der Waals surface area contributed by atoms with E-state index in [9.17, 15) is 13.3 Å². The lowest BCUT2D eigenvalue weighted by atomic mass is 10.1. The summed E-state index contributed by atoms with van der Waals surface area (Å²) in [4.78, 5) is 12.5. The van der Waals surface area contributed by atoms with Crippen LogP contribution in [0.3, 0.4) is 0 Å². The lowest BCUT2D eigenvalue weighted by Crippen LogP contribution is -2.26. The number of anilines is 1. The molecule has 2 rings (SSSR count). The van der Waals surface area contributed by atoms with Crippen LogP contribution in [0.25, 0.3) is 0 Å². The summed E-state index contributed by atoms with van der Waals surface area (Å²) in [6.07, 6.45) is 1.91. The van der Waals surface area contributed by atoms with Gasteiger partial charge in [0.25, 0.3) is 10.1 Å². The van der Waals surface area contributed by atoms with Crippen LogP contribution in [-0.4, -0.2) is 34.4 Å². The van der Waals surface area contributed by atoms with Gasteiger partial charge in [-0.1, -0.05) is 6.07 Å². The number of benzene rings is 1. The highest BCUT2D eigenvalue weighted by Crippen LogP contribution is 2.31. The number of nitrogens with zero attached hydrogens (tertiary/aromatic N) is 2. The molecule has 18 heavy (non-hydrogen) atoms. The van der Waals surface area contributed by atoms with Crippen LogP contribution in [0.5, 0.6) is 0 Å². The Kier molecular flexibility index (Phi) is 3.63. The van der Waals surface area contributed by atoms with Crippen LogP contribution in [-0.2, 0) is 20.7 Å². The van der Waals surface area contributed by atoms with Gasteiger partial charge < -0.3 is 4.90 Å². The second kappa shape index (κ2) is 5.03. The van der Waals surface area contributed by atoms with Crippen LogP contribution in [0.2, 0.25) is 0 Å². The Balaban J connectivity index is 2.04. The van der Waals surface area contributed by atoms with Gasteiger partial charge in [-0.2, -0.15) is 8.42 Å². The predicted octanol–water partition coefficient (Wildman–Crippen LogP) is 1.42. The zero-order valence-corrected chi connectivity index (χ0v) is 10.8. The largest absolute Gasteiger partial charge is 0.369 e. The molecule has 7 heteroatoms. The van der Waals surface area contributed by atoms with Crippen molar-refractivity contribution in [3.63, 3.8) is 0 Å². The molecule has 0 saturated carbocycles. The van der Waals surface area contributed by atoms with Gasteiger partial charge in [-0.25, -0.2) is 0 Å². The van der Waals surface area contributed by atoms with Crippen molar-refractivity contribution in [1.29, 1.82) is 0 Å². The molecule has 0 aromatic heterocycles. The number of fused-ring (bicyclic) bond motifs is 1. The van der Waals surface area contributed by atoms with Crippen molar-refractivity contribution in [3.05, 3.63) is 28.7 Å². The van der Waals surface area contributed by atoms with Gasteiger partial charge in [0.2, 0.25) is 0 Å². The smallest absolute Gasteiger partial charge is 0.264 e. The Morgan fingerprint density at radius 1 is 1.44 bits per heavy atom.